The van der Waals surface area contributed by atoms with Crippen molar-refractivity contribution in [1.82, 2.24) is 0 Å². The Bertz CT molecular complexity index is 831. The van der Waals surface area contributed by atoms with Gasteiger partial charge in [-0.15, -0.1) is 0 Å². The van der Waals surface area contributed by atoms with E-state index in [-0.39, 0.29) is 24.1 Å². The van der Waals surface area contributed by atoms with Crippen molar-refractivity contribution in [2.24, 2.45) is 0 Å². The lowest BCUT2D eigenvalue weighted by Gasteiger charge is -2.15. The molecule has 0 atom stereocenters. The van der Waals surface area contributed by atoms with E-state index in [4.69, 9.17) is 18.5 Å². The van der Waals surface area contributed by atoms with E-state index in [0.717, 1.165) is 11.1 Å². The van der Waals surface area contributed by atoms with E-state index in [9.17, 15) is 14.5 Å². The van der Waals surface area contributed by atoms with Gasteiger partial charge in [0.25, 0.3) is 0 Å². The number of hydrogen-bond acceptors (Lipinski definition) is 7. The summed E-state index contributed by atoms with van der Waals surface area (Å²) in [6.45, 7) is 3.85. The van der Waals surface area contributed by atoms with E-state index in [1.54, 1.807) is 12.2 Å². The van der Waals surface area contributed by atoms with Gasteiger partial charge < -0.3 is 23.6 Å². The Hall–Kier alpha value is -2.08. The third-order valence-corrected chi connectivity index (χ3v) is 6.31. The second kappa shape index (κ2) is 8.74. The number of phenols is 1. The number of allylic oxidation sites excluding steroid dienone is 4. The molecule has 0 saturated heterocycles. The molecule has 0 unspecified atom stereocenters. The fourth-order valence-electron chi connectivity index (χ4n) is 2.95. The molecule has 1 aromatic carbocycles. The number of phenolic OH excluding ortho intramolecular Hbond substituents is 1. The summed E-state index contributed by atoms with van der Waals surface area (Å²) in [6.07, 6.45) is 5.90. The molecule has 148 valence electrons. The molecule has 1 aromatic rings. The molecule has 0 amide bonds. The fourth-order valence-corrected chi connectivity index (χ4v) is 3.76. The highest BCUT2D eigenvalue weighted by atomic mass is 31.2. The van der Waals surface area contributed by atoms with E-state index >= 15 is 0 Å². The molecule has 0 fully saturated rings. The second-order valence-corrected chi connectivity index (χ2v) is 8.45. The molecule has 1 aliphatic heterocycles. The maximum Gasteiger partial charge on any atom is 0.342 e. The van der Waals surface area contributed by atoms with Crippen molar-refractivity contribution in [1.29, 1.82) is 0 Å². The standard InChI is InChI=1S/C19H25O7P/c1-12(7-6-10-27(22,24-4)25-5)8-9-14-17(20)16-15(11-26-19(16)21)13(2)18(14)23-3/h6-8,20H,9-11H2,1-5H3/b7-6+,12-8+. The molecular weight excluding hydrogens is 371 g/mol. The molecule has 0 aromatic heterocycles. The van der Waals surface area contributed by atoms with Gasteiger partial charge in [-0.05, 0) is 25.8 Å². The molecule has 1 N–H and O–H groups in total. The third kappa shape index (κ3) is 4.43. The van der Waals surface area contributed by atoms with Crippen molar-refractivity contribution in [3.8, 4) is 11.5 Å². The third-order valence-electron chi connectivity index (χ3n) is 4.54. The zero-order chi connectivity index (χ0) is 20.2. The number of esters is 1. The van der Waals surface area contributed by atoms with Crippen molar-refractivity contribution >= 4 is 13.6 Å². The Morgan fingerprint density at radius 3 is 2.56 bits per heavy atom. The number of carbonyl (C=O) groups is 1. The van der Waals surface area contributed by atoms with Crippen LogP contribution < -0.4 is 4.74 Å². The summed E-state index contributed by atoms with van der Waals surface area (Å²) in [7, 11) is 1.13. The molecule has 7 nitrogen and oxygen atoms in total. The quantitative estimate of drug-likeness (QED) is 0.405. The first kappa shape index (κ1) is 21.2. The van der Waals surface area contributed by atoms with Crippen LogP contribution in [0.25, 0.3) is 0 Å². The monoisotopic (exact) mass is 396 g/mol. The number of rotatable bonds is 8. The number of aromatic hydroxyl groups is 1. The minimum absolute atomic E-state index is 0.105. The summed E-state index contributed by atoms with van der Waals surface area (Å²) >= 11 is 0. The van der Waals surface area contributed by atoms with Crippen molar-refractivity contribution in [3.05, 3.63) is 46.1 Å². The first-order valence-electron chi connectivity index (χ1n) is 8.40. The topological polar surface area (TPSA) is 91.3 Å². The summed E-state index contributed by atoms with van der Waals surface area (Å²) in [6, 6.07) is 0. The Morgan fingerprint density at radius 1 is 1.30 bits per heavy atom. The van der Waals surface area contributed by atoms with Crippen LogP contribution in [0.2, 0.25) is 0 Å². The molecule has 0 bridgehead atoms. The molecule has 27 heavy (non-hydrogen) atoms. The summed E-state index contributed by atoms with van der Waals surface area (Å²) in [5, 5.41) is 10.6. The summed E-state index contributed by atoms with van der Waals surface area (Å²) in [5.74, 6) is -0.0860. The van der Waals surface area contributed by atoms with Gasteiger partial charge in [0.1, 0.15) is 23.7 Å². The molecule has 8 heteroatoms. The van der Waals surface area contributed by atoms with Gasteiger partial charge in [0.05, 0.1) is 13.3 Å². The minimum Gasteiger partial charge on any atom is -0.507 e. The first-order valence-corrected chi connectivity index (χ1v) is 10.1. The molecule has 0 spiro atoms. The molecule has 1 aliphatic rings. The normalized spacial score (nSPS) is 14.6. The number of cyclic esters (lactones) is 1. The molecule has 0 saturated carbocycles. The van der Waals surface area contributed by atoms with Gasteiger partial charge in [-0.3, -0.25) is 4.57 Å². The highest BCUT2D eigenvalue weighted by molar-refractivity contribution is 7.54. The van der Waals surface area contributed by atoms with Gasteiger partial charge in [-0.1, -0.05) is 23.8 Å². The van der Waals surface area contributed by atoms with E-state index in [1.165, 1.54) is 21.3 Å². The molecule has 0 aliphatic carbocycles. The Morgan fingerprint density at radius 2 is 1.96 bits per heavy atom. The van der Waals surface area contributed by atoms with Crippen LogP contribution in [0.15, 0.2) is 23.8 Å². The highest BCUT2D eigenvalue weighted by Gasteiger charge is 2.31. The molecule has 1 heterocycles. The van der Waals surface area contributed by atoms with E-state index in [1.807, 2.05) is 19.9 Å². The summed E-state index contributed by atoms with van der Waals surface area (Å²) < 4.78 is 32.3. The second-order valence-electron chi connectivity index (χ2n) is 6.13. The van der Waals surface area contributed by atoms with Crippen LogP contribution in [0.4, 0.5) is 0 Å². The lowest BCUT2D eigenvalue weighted by Crippen LogP contribution is -2.03. The maximum atomic E-state index is 12.0. The largest absolute Gasteiger partial charge is 0.507 e. The van der Waals surface area contributed by atoms with Gasteiger partial charge in [0.2, 0.25) is 0 Å². The number of fused-ring (bicyclic) bond motifs is 1. The Balaban J connectivity index is 2.26. The highest BCUT2D eigenvalue weighted by Crippen LogP contribution is 2.46. The van der Waals surface area contributed by atoms with Gasteiger partial charge in [0, 0.05) is 25.3 Å². The fraction of sp³-hybridized carbons (Fsp3) is 0.421. The number of benzene rings is 1. The van der Waals surface area contributed by atoms with Gasteiger partial charge in [-0.25, -0.2) is 4.79 Å². The smallest absolute Gasteiger partial charge is 0.342 e. The molecular formula is C19H25O7P. The number of hydrogen-bond donors (Lipinski definition) is 1. The lowest BCUT2D eigenvalue weighted by molar-refractivity contribution is 0.0533. The van der Waals surface area contributed by atoms with Crippen molar-refractivity contribution in [2.75, 3.05) is 27.5 Å². The van der Waals surface area contributed by atoms with Crippen molar-refractivity contribution in [3.63, 3.8) is 0 Å². The van der Waals surface area contributed by atoms with Crippen LogP contribution in [0, 0.1) is 6.92 Å². The minimum atomic E-state index is -3.08. The van der Waals surface area contributed by atoms with Gasteiger partial charge in [-0.2, -0.15) is 0 Å². The van der Waals surface area contributed by atoms with Crippen LogP contribution in [0.5, 0.6) is 11.5 Å². The molecule has 0 radical (unpaired) electrons. The zero-order valence-electron chi connectivity index (χ0n) is 16.2. The van der Waals surface area contributed by atoms with E-state index < -0.39 is 13.6 Å². The first-order chi connectivity index (χ1) is 12.8. The average Bonchev–Trinajstić information content (AvgIpc) is 3.05. The van der Waals surface area contributed by atoms with Gasteiger partial charge >= 0.3 is 13.6 Å². The SMILES string of the molecule is COc1c(C)c2c(c(O)c1C/C=C(C)/C=C/CP(=O)(OC)OC)C(=O)OC2. The number of ether oxygens (including phenoxy) is 2. The predicted octanol–water partition coefficient (Wildman–Crippen LogP) is 3.91. The maximum absolute atomic E-state index is 12.0. The van der Waals surface area contributed by atoms with Crippen LogP contribution in [0.1, 0.15) is 34.0 Å². The van der Waals surface area contributed by atoms with Crippen molar-refractivity contribution in [2.45, 2.75) is 26.9 Å². The van der Waals surface area contributed by atoms with Gasteiger partial charge in [0.15, 0.2) is 0 Å². The Kier molecular flexibility index (Phi) is 6.87. The number of carbonyl (C=O) groups excluding carboxylic acids is 1. The van der Waals surface area contributed by atoms with Crippen LogP contribution in [0.3, 0.4) is 0 Å². The van der Waals surface area contributed by atoms with Crippen molar-refractivity contribution < 1.29 is 33.0 Å². The van der Waals surface area contributed by atoms with Crippen LogP contribution in [-0.4, -0.2) is 38.6 Å². The molecule has 2 rings (SSSR count). The number of methoxy groups -OCH3 is 1. The van der Waals surface area contributed by atoms with Crippen LogP contribution >= 0.6 is 7.60 Å². The van der Waals surface area contributed by atoms with Crippen LogP contribution in [-0.2, 0) is 31.4 Å². The Labute approximate surface area is 159 Å². The lowest BCUT2D eigenvalue weighted by atomic mass is 9.95. The average molecular weight is 396 g/mol. The van der Waals surface area contributed by atoms with E-state index in [0.29, 0.717) is 23.3 Å². The predicted molar refractivity (Wildman–Crippen MR) is 102 cm³/mol. The zero-order valence-corrected chi connectivity index (χ0v) is 17.1. The van der Waals surface area contributed by atoms with E-state index in [2.05, 4.69) is 0 Å². The summed E-state index contributed by atoms with van der Waals surface area (Å²) in [4.78, 5) is 11.9. The summed E-state index contributed by atoms with van der Waals surface area (Å²) in [5.41, 5.74) is 3.07.